The van der Waals surface area contributed by atoms with Crippen molar-refractivity contribution in [3.05, 3.63) is 241 Å². The van der Waals surface area contributed by atoms with Crippen LogP contribution in [0.1, 0.15) is 42.6 Å². The molecular weight excluding hydrogens is 1400 g/mol. The number of ether oxygens (including phenoxy) is 1. The summed E-state index contributed by atoms with van der Waals surface area (Å²) in [7, 11) is 6.57. The number of benzene rings is 6. The van der Waals surface area contributed by atoms with Gasteiger partial charge < -0.3 is 81.0 Å². The minimum atomic E-state index is -4.59. The largest absolute Gasteiger partial charge is 0.418 e. The van der Waals surface area contributed by atoms with Crippen LogP contribution in [0.15, 0.2) is 213 Å². The third-order valence-electron chi connectivity index (χ3n) is 17.6. The van der Waals surface area contributed by atoms with Gasteiger partial charge in [-0.1, -0.05) is 18.2 Å². The van der Waals surface area contributed by atoms with Crippen molar-refractivity contribution in [1.29, 1.82) is 0 Å². The van der Waals surface area contributed by atoms with Gasteiger partial charge in [0.05, 0.1) is 40.9 Å². The molecule has 2 aliphatic rings. The Balaban J connectivity index is 0.000000153. The maximum absolute atomic E-state index is 13.9. The lowest BCUT2D eigenvalue weighted by Gasteiger charge is -2.35. The van der Waals surface area contributed by atoms with Crippen LogP contribution >= 0.6 is 0 Å². The van der Waals surface area contributed by atoms with Gasteiger partial charge in [-0.2, -0.15) is 26.3 Å². The second-order valence-corrected chi connectivity index (χ2v) is 24.8. The second kappa shape index (κ2) is 32.8. The lowest BCUT2D eigenvalue weighted by molar-refractivity contribution is -0.138. The number of carbonyl (C=O) groups is 6. The smallest absolute Gasteiger partial charge is 0.378 e. The number of pyridine rings is 3. The number of amides is 9. The van der Waals surface area contributed by atoms with Gasteiger partial charge in [-0.3, -0.25) is 29.3 Å². The number of likely N-dealkylation sites (N-methyl/N-ethyl adjacent to an activating group) is 1. The fraction of sp³-hybridized carbons (Fsp3) is 0.182. The number of morpholine rings is 1. The molecule has 108 heavy (non-hydrogen) atoms. The molecule has 0 saturated carbocycles. The first kappa shape index (κ1) is 74.4. The van der Waals surface area contributed by atoms with E-state index >= 15 is 0 Å². The highest BCUT2D eigenvalue weighted by Gasteiger charge is 2.37. The van der Waals surface area contributed by atoms with Crippen molar-refractivity contribution in [2.75, 3.05) is 122 Å². The van der Waals surface area contributed by atoms with Gasteiger partial charge in [0.1, 0.15) is 17.1 Å². The Bertz CT molecular complexity index is 5300. The molecule has 2 aliphatic heterocycles. The zero-order valence-corrected chi connectivity index (χ0v) is 58.5. The van der Waals surface area contributed by atoms with Crippen molar-refractivity contribution in [2.45, 2.75) is 12.4 Å². The second-order valence-electron chi connectivity index (χ2n) is 24.8. The van der Waals surface area contributed by atoms with Gasteiger partial charge in [-0.05, 0) is 165 Å². The van der Waals surface area contributed by atoms with Crippen LogP contribution in [0.4, 0.5) is 86.2 Å². The lowest BCUT2D eigenvalue weighted by Crippen LogP contribution is -2.45. The molecule has 2 fully saturated rings. The summed E-state index contributed by atoms with van der Waals surface area (Å²) in [6.07, 6.45) is 1.12. The standard InChI is InChI=1S/C28H28F3N7O2.C27H25F3N6O3.C22H19N5O2/c1-32-26(39)23-17-21(7-9-33-23)38-10-8-18-15-19(3-5-24(18)38)34-27(40)35-20-4-6-25(22(16-20)28(29,30)31)37-13-11-36(2)12-14-37;1-31-25(37)22-16-20(6-8-32-22)36-9-7-17-14-18(2-4-23(17)36)33-26(38)34-19-3-5-24(21(15-19)27(28,29)30)35-10-12-39-13-11-35;1-23-21(28)19-14-18(9-11-24-19)27-12-10-15-13-17(7-8-20(15)27)26-22(29)25-16-5-3-2-4-6-16/h3-10,15-17H,11-14H2,1-2H3,(H,32,39)(H2,34,35,40);2-9,14-16H,10-13H2,1H3,(H,31,37)(H2,33,34,38);2-14H,1H3,(H,23,28)(H2,25,26,29). The number of piperazine rings is 1. The van der Waals surface area contributed by atoms with E-state index in [-0.39, 0.29) is 57.9 Å². The van der Waals surface area contributed by atoms with Crippen LogP contribution in [0.25, 0.3) is 49.8 Å². The summed E-state index contributed by atoms with van der Waals surface area (Å²) in [5.74, 6) is -0.838. The third-order valence-corrected chi connectivity index (χ3v) is 17.6. The zero-order chi connectivity index (χ0) is 76.2. The molecule has 31 heteroatoms. The molecule has 9 amide bonds. The Morgan fingerprint density at radius 2 is 0.694 bits per heavy atom. The molecule has 2 saturated heterocycles. The van der Waals surface area contributed by atoms with Crippen molar-refractivity contribution in [3.8, 4) is 17.1 Å². The molecule has 8 heterocycles. The van der Waals surface area contributed by atoms with Gasteiger partial charge in [-0.15, -0.1) is 0 Å². The maximum atomic E-state index is 13.9. The number of urea groups is 3. The first-order chi connectivity index (χ1) is 52.0. The fourth-order valence-electron chi connectivity index (χ4n) is 12.3. The molecule has 0 spiro atoms. The Morgan fingerprint density at radius 3 is 1.04 bits per heavy atom. The number of anilines is 8. The highest BCUT2D eigenvalue weighted by Crippen LogP contribution is 2.41. The molecule has 14 rings (SSSR count). The van der Waals surface area contributed by atoms with Crippen molar-refractivity contribution in [1.82, 2.24) is 49.5 Å². The van der Waals surface area contributed by atoms with Crippen LogP contribution < -0.4 is 57.7 Å². The van der Waals surface area contributed by atoms with E-state index in [1.54, 1.807) is 102 Å². The summed E-state index contributed by atoms with van der Waals surface area (Å²) in [4.78, 5) is 91.0. The number of aromatic nitrogens is 6. The molecule has 9 N–H and O–H groups in total. The number of nitrogens with zero attached hydrogens (tertiary/aromatic N) is 9. The van der Waals surface area contributed by atoms with Crippen molar-refractivity contribution >= 4 is 114 Å². The normalized spacial score (nSPS) is 13.1. The van der Waals surface area contributed by atoms with Gasteiger partial charge in [0.15, 0.2) is 0 Å². The predicted molar refractivity (Wildman–Crippen MR) is 403 cm³/mol. The number of nitrogens with one attached hydrogen (secondary N) is 9. The number of rotatable bonds is 14. The molecule has 554 valence electrons. The molecule has 0 unspecified atom stereocenters. The topological polar surface area (TPSA) is 283 Å². The molecule has 0 radical (unpaired) electrons. The summed E-state index contributed by atoms with van der Waals surface area (Å²) in [6.45, 7) is 3.76. The third kappa shape index (κ3) is 17.9. The summed E-state index contributed by atoms with van der Waals surface area (Å²) in [6, 6.07) is 47.5. The van der Waals surface area contributed by atoms with E-state index in [0.29, 0.717) is 75.2 Å². The molecule has 6 aromatic carbocycles. The van der Waals surface area contributed by atoms with Crippen molar-refractivity contribution in [2.24, 2.45) is 0 Å². The van der Waals surface area contributed by atoms with E-state index in [1.807, 2.05) is 112 Å². The van der Waals surface area contributed by atoms with E-state index in [1.165, 1.54) is 38.4 Å². The monoisotopic (exact) mass is 1470 g/mol. The maximum Gasteiger partial charge on any atom is 0.418 e. The lowest BCUT2D eigenvalue weighted by atomic mass is 10.1. The highest BCUT2D eigenvalue weighted by molar-refractivity contribution is 6.04. The van der Waals surface area contributed by atoms with Gasteiger partial charge in [0.2, 0.25) is 0 Å². The minimum Gasteiger partial charge on any atom is -0.378 e. The van der Waals surface area contributed by atoms with Gasteiger partial charge in [-0.25, -0.2) is 14.4 Å². The van der Waals surface area contributed by atoms with Crippen LogP contribution in [0.2, 0.25) is 0 Å². The van der Waals surface area contributed by atoms with E-state index < -0.39 is 35.5 Å². The van der Waals surface area contributed by atoms with Crippen LogP contribution in [0, 0.1) is 0 Å². The average Bonchev–Trinajstić information content (AvgIpc) is 1.80. The Morgan fingerprint density at radius 1 is 0.370 bits per heavy atom. The minimum absolute atomic E-state index is 0.0219. The van der Waals surface area contributed by atoms with E-state index in [0.717, 1.165) is 67.6 Å². The summed E-state index contributed by atoms with van der Waals surface area (Å²) >= 11 is 0. The summed E-state index contributed by atoms with van der Waals surface area (Å²) in [5, 5.41) is 26.2. The molecule has 0 bridgehead atoms. The Kier molecular flexibility index (Phi) is 22.6. The quantitative estimate of drug-likeness (QED) is 0.0459. The number of halogens is 6. The molecule has 0 atom stereocenters. The molecule has 0 aliphatic carbocycles. The van der Waals surface area contributed by atoms with Gasteiger partial charge in [0, 0.05) is 176 Å². The summed E-state index contributed by atoms with van der Waals surface area (Å²) in [5.41, 5.74) is 6.77. The van der Waals surface area contributed by atoms with Crippen molar-refractivity contribution in [3.63, 3.8) is 0 Å². The molecule has 25 nitrogen and oxygen atoms in total. The Hall–Kier alpha value is -13.3. The molecule has 12 aromatic rings. The molecular formula is C77H72F6N18O7. The van der Waals surface area contributed by atoms with Gasteiger partial charge in [0.25, 0.3) is 17.7 Å². The SMILES string of the molecule is CNC(=O)c1cc(-n2ccc3cc(NC(=O)Nc4ccc(N5CCN(C)CC5)c(C(F)(F)F)c4)ccc32)ccn1.CNC(=O)c1cc(-n2ccc3cc(NC(=O)Nc4ccc(N5CCOCC5)c(C(F)(F)F)c4)ccc32)ccn1.CNC(=O)c1cc(-n2ccc3cc(NC(=O)Nc4ccccc4)ccc32)ccn1. The number of fused-ring (bicyclic) bond motifs is 3. The van der Waals surface area contributed by atoms with E-state index in [2.05, 4.69) is 67.7 Å². The number of hydrogen-bond acceptors (Lipinski definition) is 13. The first-order valence-electron chi connectivity index (χ1n) is 33.9. The van der Waals surface area contributed by atoms with Gasteiger partial charge >= 0.3 is 30.4 Å². The average molecular weight is 1480 g/mol. The molecule has 6 aromatic heterocycles. The first-order valence-corrected chi connectivity index (χ1v) is 33.9. The number of para-hydroxylation sites is 1. The number of carbonyl (C=O) groups excluding carboxylic acids is 6. The number of alkyl halides is 6. The Labute approximate surface area is 613 Å². The van der Waals surface area contributed by atoms with Crippen LogP contribution in [-0.4, -0.2) is 150 Å². The van der Waals surface area contributed by atoms with E-state index in [9.17, 15) is 55.1 Å². The highest BCUT2D eigenvalue weighted by atomic mass is 19.4. The van der Waals surface area contributed by atoms with Crippen molar-refractivity contribution < 1.29 is 59.8 Å². The summed E-state index contributed by atoms with van der Waals surface area (Å²) < 4.78 is 94.1. The van der Waals surface area contributed by atoms with Crippen LogP contribution in [0.3, 0.4) is 0 Å². The fourth-order valence-corrected chi connectivity index (χ4v) is 12.3. The van der Waals surface area contributed by atoms with E-state index in [4.69, 9.17) is 4.74 Å². The van der Waals surface area contributed by atoms with Crippen LogP contribution in [-0.2, 0) is 17.1 Å². The zero-order valence-electron chi connectivity index (χ0n) is 58.5. The van der Waals surface area contributed by atoms with Crippen LogP contribution in [0.5, 0.6) is 0 Å². The predicted octanol–water partition coefficient (Wildman–Crippen LogP) is 13.7. The number of hydrogen-bond donors (Lipinski definition) is 9.